The van der Waals surface area contributed by atoms with Crippen molar-refractivity contribution in [2.24, 2.45) is 0 Å². The third kappa shape index (κ3) is 3.86. The highest BCUT2D eigenvalue weighted by atomic mass is 16.5. The van der Waals surface area contributed by atoms with Crippen molar-refractivity contribution in [2.75, 3.05) is 0 Å². The van der Waals surface area contributed by atoms with Gasteiger partial charge in [0.25, 0.3) is 6.47 Å². The summed E-state index contributed by atoms with van der Waals surface area (Å²) >= 11 is 0. The number of hydrogen-bond donors (Lipinski definition) is 0. The van der Waals surface area contributed by atoms with E-state index in [1.165, 1.54) is 11.1 Å². The van der Waals surface area contributed by atoms with E-state index in [4.69, 9.17) is 4.74 Å². The molecule has 2 nitrogen and oxygen atoms in total. The van der Waals surface area contributed by atoms with Crippen LogP contribution in [0.25, 0.3) is 0 Å². The molecular formula is C16H24O2. The van der Waals surface area contributed by atoms with Crippen molar-refractivity contribution in [3.05, 3.63) is 34.9 Å². The van der Waals surface area contributed by atoms with Crippen LogP contribution in [0.4, 0.5) is 0 Å². The Morgan fingerprint density at radius 2 is 1.39 bits per heavy atom. The average molecular weight is 248 g/mol. The zero-order valence-electron chi connectivity index (χ0n) is 12.3. The van der Waals surface area contributed by atoms with E-state index in [1.807, 2.05) is 0 Å². The van der Waals surface area contributed by atoms with E-state index in [0.29, 0.717) is 13.1 Å². The molecular weight excluding hydrogens is 224 g/mol. The van der Waals surface area contributed by atoms with Crippen molar-refractivity contribution in [3.8, 4) is 0 Å². The summed E-state index contributed by atoms with van der Waals surface area (Å²) in [7, 11) is 0. The normalized spacial score (nSPS) is 12.3. The van der Waals surface area contributed by atoms with Crippen molar-refractivity contribution >= 4 is 6.47 Å². The summed E-state index contributed by atoms with van der Waals surface area (Å²) in [5.74, 6) is 0. The first-order valence-electron chi connectivity index (χ1n) is 6.35. The van der Waals surface area contributed by atoms with Crippen molar-refractivity contribution in [2.45, 2.75) is 59.0 Å². The lowest BCUT2D eigenvalue weighted by atomic mass is 9.79. The first-order chi connectivity index (χ1) is 8.14. The number of ether oxygens (including phenoxy) is 1. The Balaban J connectivity index is 3.24. The van der Waals surface area contributed by atoms with Crippen molar-refractivity contribution in [3.63, 3.8) is 0 Å². The highest BCUT2D eigenvalue weighted by molar-refractivity contribution is 5.40. The Bertz CT molecular complexity index is 387. The van der Waals surface area contributed by atoms with Gasteiger partial charge >= 0.3 is 0 Å². The summed E-state index contributed by atoms with van der Waals surface area (Å²) in [6.45, 7) is 14.0. The molecule has 2 heteroatoms. The fraction of sp³-hybridized carbons (Fsp3) is 0.562. The highest BCUT2D eigenvalue weighted by Gasteiger charge is 2.20. The number of carbonyl (C=O) groups is 1. The molecule has 0 aliphatic rings. The van der Waals surface area contributed by atoms with Crippen LogP contribution >= 0.6 is 0 Å². The molecule has 0 saturated heterocycles. The van der Waals surface area contributed by atoms with E-state index in [2.05, 4.69) is 59.7 Å². The summed E-state index contributed by atoms with van der Waals surface area (Å²) in [5.41, 5.74) is 3.80. The van der Waals surface area contributed by atoms with Gasteiger partial charge in [0.05, 0.1) is 0 Å². The molecule has 0 radical (unpaired) electrons. The van der Waals surface area contributed by atoms with Crippen molar-refractivity contribution in [1.29, 1.82) is 0 Å². The average Bonchev–Trinajstić information content (AvgIpc) is 2.23. The highest BCUT2D eigenvalue weighted by Crippen LogP contribution is 2.30. The predicted molar refractivity (Wildman–Crippen MR) is 74.7 cm³/mol. The Morgan fingerprint density at radius 1 is 0.944 bits per heavy atom. The van der Waals surface area contributed by atoms with Crippen LogP contribution in [0, 0.1) is 0 Å². The monoisotopic (exact) mass is 248 g/mol. The molecule has 0 bridgehead atoms. The van der Waals surface area contributed by atoms with Crippen molar-refractivity contribution in [1.82, 2.24) is 0 Å². The van der Waals surface area contributed by atoms with Gasteiger partial charge in [-0.25, -0.2) is 0 Å². The van der Waals surface area contributed by atoms with Crippen LogP contribution < -0.4 is 0 Å². The summed E-state index contributed by atoms with van der Waals surface area (Å²) in [4.78, 5) is 10.3. The van der Waals surface area contributed by atoms with Gasteiger partial charge in [-0.2, -0.15) is 0 Å². The molecule has 1 aromatic rings. The predicted octanol–water partition coefficient (Wildman–Crippen LogP) is 3.95. The zero-order chi connectivity index (χ0) is 14.0. The number of benzene rings is 1. The molecule has 0 aliphatic heterocycles. The lowest BCUT2D eigenvalue weighted by Gasteiger charge is -2.26. The molecule has 0 aliphatic carbocycles. The SMILES string of the molecule is CC(C)(C)c1cc(COC=O)cc(C(C)(C)C)c1. The molecule has 0 fully saturated rings. The first kappa shape index (κ1) is 14.7. The van der Waals surface area contributed by atoms with Crippen molar-refractivity contribution < 1.29 is 9.53 Å². The maximum Gasteiger partial charge on any atom is 0.293 e. The van der Waals surface area contributed by atoms with E-state index in [0.717, 1.165) is 5.56 Å². The molecule has 0 unspecified atom stereocenters. The van der Waals surface area contributed by atoms with E-state index >= 15 is 0 Å². The Kier molecular flexibility index (Phi) is 4.20. The standard InChI is InChI=1S/C16H24O2/c1-15(2,3)13-7-12(10-18-11-17)8-14(9-13)16(4,5)6/h7-9,11H,10H2,1-6H3. The molecule has 0 amide bonds. The molecule has 0 spiro atoms. The van der Waals surface area contributed by atoms with Gasteiger partial charge < -0.3 is 4.74 Å². The van der Waals surface area contributed by atoms with Crippen LogP contribution in [-0.2, 0) is 27.0 Å². The second kappa shape index (κ2) is 5.13. The molecule has 0 atom stereocenters. The maximum absolute atomic E-state index is 10.3. The number of carbonyl (C=O) groups excluding carboxylic acids is 1. The van der Waals surface area contributed by atoms with Gasteiger partial charge in [0.15, 0.2) is 0 Å². The molecule has 0 aromatic heterocycles. The molecule has 0 saturated carbocycles. The maximum atomic E-state index is 10.3. The summed E-state index contributed by atoms with van der Waals surface area (Å²) < 4.78 is 4.87. The molecule has 100 valence electrons. The lowest BCUT2D eigenvalue weighted by Crippen LogP contribution is -2.17. The van der Waals surface area contributed by atoms with E-state index < -0.39 is 0 Å². The lowest BCUT2D eigenvalue weighted by molar-refractivity contribution is -0.129. The molecule has 0 N–H and O–H groups in total. The largest absolute Gasteiger partial charge is 0.463 e. The topological polar surface area (TPSA) is 26.3 Å². The number of rotatable bonds is 3. The summed E-state index contributed by atoms with van der Waals surface area (Å²) in [6.07, 6.45) is 0. The Morgan fingerprint density at radius 3 is 1.72 bits per heavy atom. The van der Waals surface area contributed by atoms with Crippen LogP contribution in [0.1, 0.15) is 58.2 Å². The first-order valence-corrected chi connectivity index (χ1v) is 6.35. The van der Waals surface area contributed by atoms with Gasteiger partial charge in [-0.05, 0) is 27.5 Å². The Hall–Kier alpha value is -1.31. The van der Waals surface area contributed by atoms with E-state index in [1.54, 1.807) is 0 Å². The van der Waals surface area contributed by atoms with Gasteiger partial charge in [0, 0.05) is 0 Å². The van der Waals surface area contributed by atoms with E-state index in [9.17, 15) is 4.79 Å². The van der Waals surface area contributed by atoms with Crippen LogP contribution in [0.5, 0.6) is 0 Å². The minimum atomic E-state index is 0.0944. The Labute approximate surface area is 110 Å². The van der Waals surface area contributed by atoms with Crippen LogP contribution in [0.15, 0.2) is 18.2 Å². The second-order valence-electron chi connectivity index (χ2n) is 6.83. The van der Waals surface area contributed by atoms with Gasteiger partial charge in [-0.1, -0.05) is 59.7 Å². The molecule has 1 rings (SSSR count). The minimum absolute atomic E-state index is 0.0944. The van der Waals surface area contributed by atoms with Gasteiger partial charge in [0.1, 0.15) is 6.61 Å². The zero-order valence-corrected chi connectivity index (χ0v) is 12.3. The summed E-state index contributed by atoms with van der Waals surface area (Å²) in [5, 5.41) is 0. The third-order valence-electron chi connectivity index (χ3n) is 3.04. The summed E-state index contributed by atoms with van der Waals surface area (Å²) in [6, 6.07) is 6.50. The van der Waals surface area contributed by atoms with Gasteiger partial charge in [0.2, 0.25) is 0 Å². The van der Waals surface area contributed by atoms with Crippen LogP contribution in [-0.4, -0.2) is 6.47 Å². The number of hydrogen-bond acceptors (Lipinski definition) is 2. The molecule has 1 aromatic carbocycles. The molecule has 18 heavy (non-hydrogen) atoms. The minimum Gasteiger partial charge on any atom is -0.463 e. The third-order valence-corrected chi connectivity index (χ3v) is 3.04. The van der Waals surface area contributed by atoms with Crippen LogP contribution in [0.3, 0.4) is 0 Å². The van der Waals surface area contributed by atoms with Gasteiger partial charge in [-0.15, -0.1) is 0 Å². The van der Waals surface area contributed by atoms with E-state index in [-0.39, 0.29) is 10.8 Å². The smallest absolute Gasteiger partial charge is 0.293 e. The van der Waals surface area contributed by atoms with Crippen LogP contribution in [0.2, 0.25) is 0 Å². The van der Waals surface area contributed by atoms with Gasteiger partial charge in [-0.3, -0.25) is 4.79 Å². The fourth-order valence-electron chi connectivity index (χ4n) is 1.77. The quantitative estimate of drug-likeness (QED) is 0.757. The second-order valence-corrected chi connectivity index (χ2v) is 6.83. The fourth-order valence-corrected chi connectivity index (χ4v) is 1.77. The molecule has 0 heterocycles.